The van der Waals surface area contributed by atoms with E-state index in [0.717, 1.165) is 23.4 Å². The van der Waals surface area contributed by atoms with Gasteiger partial charge >= 0.3 is 0 Å². The lowest BCUT2D eigenvalue weighted by Gasteiger charge is -2.02. The van der Waals surface area contributed by atoms with Crippen LogP contribution in [0.1, 0.15) is 11.4 Å². The molecule has 0 aliphatic rings. The van der Waals surface area contributed by atoms with Crippen LogP contribution in [0.4, 0.5) is 0 Å². The minimum absolute atomic E-state index is 0.615. The number of aryl methyl sites for hydroxylation is 1. The van der Waals surface area contributed by atoms with Crippen LogP contribution >= 0.6 is 0 Å². The zero-order chi connectivity index (χ0) is 11.5. The van der Waals surface area contributed by atoms with Crippen molar-refractivity contribution in [1.29, 1.82) is 0 Å². The summed E-state index contributed by atoms with van der Waals surface area (Å²) < 4.78 is 1.90. The molecule has 0 radical (unpaired) electrons. The van der Waals surface area contributed by atoms with Gasteiger partial charge < -0.3 is 5.73 Å². The van der Waals surface area contributed by atoms with E-state index in [1.54, 1.807) is 6.20 Å². The molecule has 0 aliphatic carbocycles. The number of nitrogens with two attached hydrogens (primary N) is 1. The fraction of sp³-hybridized carbons (Fsp3) is 0.333. The number of pyridine rings is 1. The highest BCUT2D eigenvalue weighted by Crippen LogP contribution is 2.26. The molecule has 0 amide bonds. The van der Waals surface area contributed by atoms with Gasteiger partial charge in [0.15, 0.2) is 0 Å². The van der Waals surface area contributed by atoms with E-state index < -0.39 is 0 Å². The van der Waals surface area contributed by atoms with Crippen molar-refractivity contribution in [1.82, 2.24) is 14.8 Å². The molecule has 0 aliphatic heterocycles. The Kier molecular flexibility index (Phi) is 3.01. The van der Waals surface area contributed by atoms with Gasteiger partial charge in [-0.15, -0.1) is 0 Å². The summed E-state index contributed by atoms with van der Waals surface area (Å²) in [5.41, 5.74) is 10.1. The van der Waals surface area contributed by atoms with Crippen molar-refractivity contribution < 1.29 is 0 Å². The molecule has 4 heteroatoms. The van der Waals surface area contributed by atoms with Crippen molar-refractivity contribution in [2.24, 2.45) is 12.8 Å². The topological polar surface area (TPSA) is 56.7 Å². The average molecular weight is 216 g/mol. The number of hydrogen-bond donors (Lipinski definition) is 1. The Bertz CT molecular complexity index is 473. The van der Waals surface area contributed by atoms with Crippen molar-refractivity contribution in [3.05, 3.63) is 35.9 Å². The maximum absolute atomic E-state index is 5.60. The zero-order valence-corrected chi connectivity index (χ0v) is 9.64. The Labute approximate surface area is 95.1 Å². The lowest BCUT2D eigenvalue weighted by atomic mass is 10.0. The lowest BCUT2D eigenvalue weighted by molar-refractivity contribution is 0.718. The Morgan fingerprint density at radius 3 is 2.88 bits per heavy atom. The van der Waals surface area contributed by atoms with E-state index in [2.05, 4.69) is 23.1 Å². The van der Waals surface area contributed by atoms with Crippen LogP contribution in [0.15, 0.2) is 24.5 Å². The van der Waals surface area contributed by atoms with E-state index >= 15 is 0 Å². The molecule has 0 bridgehead atoms. The first-order valence-corrected chi connectivity index (χ1v) is 5.37. The van der Waals surface area contributed by atoms with Crippen LogP contribution in [-0.2, 0) is 13.5 Å². The van der Waals surface area contributed by atoms with Crippen LogP contribution in [-0.4, -0.2) is 21.3 Å². The molecule has 0 spiro atoms. The molecule has 0 atom stereocenters. The van der Waals surface area contributed by atoms with Gasteiger partial charge in [0.2, 0.25) is 0 Å². The third-order valence-corrected chi connectivity index (χ3v) is 2.74. The van der Waals surface area contributed by atoms with Gasteiger partial charge in [-0.1, -0.05) is 6.07 Å². The predicted octanol–water partition coefficient (Wildman–Crippen LogP) is 1.29. The monoisotopic (exact) mass is 216 g/mol. The normalized spacial score (nSPS) is 10.7. The van der Waals surface area contributed by atoms with Crippen LogP contribution in [0.5, 0.6) is 0 Å². The average Bonchev–Trinajstić information content (AvgIpc) is 2.57. The number of rotatable bonds is 3. The van der Waals surface area contributed by atoms with Gasteiger partial charge in [0.1, 0.15) is 0 Å². The van der Waals surface area contributed by atoms with E-state index in [-0.39, 0.29) is 0 Å². The molecule has 16 heavy (non-hydrogen) atoms. The molecule has 0 saturated heterocycles. The van der Waals surface area contributed by atoms with Gasteiger partial charge in [-0.05, 0) is 19.5 Å². The molecule has 0 unspecified atom stereocenters. The van der Waals surface area contributed by atoms with Gasteiger partial charge in [0.05, 0.1) is 5.69 Å². The maximum Gasteiger partial charge on any atom is 0.0718 e. The summed E-state index contributed by atoms with van der Waals surface area (Å²) in [6, 6.07) is 3.99. The Hall–Kier alpha value is -1.68. The minimum Gasteiger partial charge on any atom is -0.330 e. The van der Waals surface area contributed by atoms with Crippen LogP contribution in [0.2, 0.25) is 0 Å². The summed E-state index contributed by atoms with van der Waals surface area (Å²) >= 11 is 0. The molecule has 2 N–H and O–H groups in total. The van der Waals surface area contributed by atoms with E-state index in [4.69, 9.17) is 5.73 Å². The predicted molar refractivity (Wildman–Crippen MR) is 63.9 cm³/mol. The first-order chi connectivity index (χ1) is 7.74. The summed E-state index contributed by atoms with van der Waals surface area (Å²) in [7, 11) is 1.95. The van der Waals surface area contributed by atoms with Gasteiger partial charge in [-0.2, -0.15) is 5.10 Å². The summed E-state index contributed by atoms with van der Waals surface area (Å²) in [5, 5.41) is 4.49. The standard InChI is InChI=1S/C12H16N4/c1-9-12(10-4-3-7-14-8-10)11(5-6-13)15-16(9)2/h3-4,7-8H,5-6,13H2,1-2H3. The van der Waals surface area contributed by atoms with E-state index in [1.807, 2.05) is 24.0 Å². The van der Waals surface area contributed by atoms with Crippen LogP contribution < -0.4 is 5.73 Å². The molecular formula is C12H16N4. The molecule has 2 aromatic heterocycles. The van der Waals surface area contributed by atoms with E-state index in [1.165, 1.54) is 5.56 Å². The Morgan fingerprint density at radius 1 is 1.44 bits per heavy atom. The van der Waals surface area contributed by atoms with Gasteiger partial charge in [-0.25, -0.2) is 0 Å². The summed E-state index contributed by atoms with van der Waals surface area (Å²) in [6.07, 6.45) is 4.44. The largest absolute Gasteiger partial charge is 0.330 e. The van der Waals surface area contributed by atoms with Gasteiger partial charge in [-0.3, -0.25) is 9.67 Å². The summed E-state index contributed by atoms with van der Waals surface area (Å²) in [6.45, 7) is 2.68. The third-order valence-electron chi connectivity index (χ3n) is 2.74. The van der Waals surface area contributed by atoms with Crippen molar-refractivity contribution in [2.75, 3.05) is 6.54 Å². The second kappa shape index (κ2) is 4.45. The highest BCUT2D eigenvalue weighted by atomic mass is 15.3. The molecule has 2 aromatic rings. The Balaban J connectivity index is 2.54. The fourth-order valence-electron chi connectivity index (χ4n) is 1.87. The fourth-order valence-corrected chi connectivity index (χ4v) is 1.87. The molecule has 0 aromatic carbocycles. The molecule has 0 fully saturated rings. The molecular weight excluding hydrogens is 200 g/mol. The first kappa shape index (κ1) is 10.8. The summed E-state index contributed by atoms with van der Waals surface area (Å²) in [4.78, 5) is 4.14. The highest BCUT2D eigenvalue weighted by molar-refractivity contribution is 5.67. The van der Waals surface area contributed by atoms with E-state index in [0.29, 0.717) is 6.54 Å². The van der Waals surface area contributed by atoms with E-state index in [9.17, 15) is 0 Å². The zero-order valence-electron chi connectivity index (χ0n) is 9.64. The first-order valence-electron chi connectivity index (χ1n) is 5.37. The van der Waals surface area contributed by atoms with Crippen molar-refractivity contribution in [3.63, 3.8) is 0 Å². The second-order valence-electron chi connectivity index (χ2n) is 3.81. The molecule has 4 nitrogen and oxygen atoms in total. The molecule has 0 saturated carbocycles. The van der Waals surface area contributed by atoms with Crippen LogP contribution in [0.25, 0.3) is 11.1 Å². The smallest absolute Gasteiger partial charge is 0.0718 e. The molecule has 2 rings (SSSR count). The van der Waals surface area contributed by atoms with Crippen LogP contribution in [0.3, 0.4) is 0 Å². The van der Waals surface area contributed by atoms with Crippen LogP contribution in [0, 0.1) is 6.92 Å². The minimum atomic E-state index is 0.615. The molecule has 2 heterocycles. The number of nitrogens with zero attached hydrogens (tertiary/aromatic N) is 3. The highest BCUT2D eigenvalue weighted by Gasteiger charge is 2.13. The summed E-state index contributed by atoms with van der Waals surface area (Å²) in [5.74, 6) is 0. The maximum atomic E-state index is 5.60. The number of hydrogen-bond acceptors (Lipinski definition) is 3. The van der Waals surface area contributed by atoms with Gasteiger partial charge in [0.25, 0.3) is 0 Å². The van der Waals surface area contributed by atoms with Crippen molar-refractivity contribution >= 4 is 0 Å². The third kappa shape index (κ3) is 1.84. The lowest BCUT2D eigenvalue weighted by Crippen LogP contribution is -2.04. The quantitative estimate of drug-likeness (QED) is 0.841. The van der Waals surface area contributed by atoms with Gasteiger partial charge in [0, 0.05) is 42.7 Å². The Morgan fingerprint density at radius 2 is 2.25 bits per heavy atom. The molecule has 84 valence electrons. The second-order valence-corrected chi connectivity index (χ2v) is 3.81. The van der Waals surface area contributed by atoms with Crippen molar-refractivity contribution in [3.8, 4) is 11.1 Å². The van der Waals surface area contributed by atoms with Crippen molar-refractivity contribution in [2.45, 2.75) is 13.3 Å². The SMILES string of the molecule is Cc1c(-c2cccnc2)c(CCN)nn1C. The number of aromatic nitrogens is 3.